The quantitative estimate of drug-likeness (QED) is 0.0272. The zero-order valence-electron chi connectivity index (χ0n) is 36.8. The van der Waals surface area contributed by atoms with Gasteiger partial charge in [0.25, 0.3) is 0 Å². The summed E-state index contributed by atoms with van der Waals surface area (Å²) in [5, 5.41) is 40.1. The summed E-state index contributed by atoms with van der Waals surface area (Å²) < 4.78 is 22.8. The molecule has 4 N–H and O–H groups in total. The fraction of sp³-hybridized carbons (Fsp3) is 0.776. The van der Waals surface area contributed by atoms with E-state index < -0.39 is 43.4 Å². The summed E-state index contributed by atoms with van der Waals surface area (Å²) in [5.41, 5.74) is 0. The molecule has 0 aromatic carbocycles. The van der Waals surface area contributed by atoms with Crippen LogP contribution in [0, 0.1) is 0 Å². The zero-order valence-corrected chi connectivity index (χ0v) is 36.8. The third kappa shape index (κ3) is 30.9. The summed E-state index contributed by atoms with van der Waals surface area (Å²) in [4.78, 5) is 12.7. The number of carbonyl (C=O) groups excluding carboxylic acids is 1. The Labute approximate surface area is 354 Å². The summed E-state index contributed by atoms with van der Waals surface area (Å²) >= 11 is 0. The third-order valence-electron chi connectivity index (χ3n) is 10.4. The molecule has 9 heteroatoms. The van der Waals surface area contributed by atoms with E-state index in [1.165, 1.54) is 96.3 Å². The molecule has 0 aromatic heterocycles. The smallest absolute Gasteiger partial charge is 0.306 e. The van der Waals surface area contributed by atoms with E-state index in [1.807, 2.05) is 0 Å². The molecule has 1 aliphatic rings. The Morgan fingerprint density at radius 3 is 1.59 bits per heavy atom. The summed E-state index contributed by atoms with van der Waals surface area (Å²) in [7, 11) is 0. The second-order valence-corrected chi connectivity index (χ2v) is 15.8. The van der Waals surface area contributed by atoms with Gasteiger partial charge in [0.15, 0.2) is 6.29 Å². The Bertz CT molecular complexity index is 1070. The lowest BCUT2D eigenvalue weighted by molar-refractivity contribution is -0.305. The van der Waals surface area contributed by atoms with E-state index in [4.69, 9.17) is 18.9 Å². The number of esters is 1. The Hall–Kier alpha value is -2.11. The molecule has 0 spiro atoms. The van der Waals surface area contributed by atoms with Crippen molar-refractivity contribution in [1.82, 2.24) is 0 Å². The SMILES string of the molecule is CC/C=C\C/C=C\C/C=C\CCCCCC(=O)OC(COCCCCCCCCCCCC/C=C\C/C=C\CCCCCCC)COC1OC(CO)C(O)C(O)C1O. The number of allylic oxidation sites excluding steroid dienone is 10. The Morgan fingerprint density at radius 2 is 1.05 bits per heavy atom. The van der Waals surface area contributed by atoms with Gasteiger partial charge >= 0.3 is 5.97 Å². The average Bonchev–Trinajstić information content (AvgIpc) is 3.22. The van der Waals surface area contributed by atoms with Crippen molar-refractivity contribution in [2.45, 2.75) is 218 Å². The largest absolute Gasteiger partial charge is 0.457 e. The molecular weight excluding hydrogens is 733 g/mol. The number of unbranched alkanes of at least 4 members (excludes halogenated alkanes) is 18. The van der Waals surface area contributed by atoms with Crippen molar-refractivity contribution in [3.63, 3.8) is 0 Å². The molecular formula is C49H86O9. The van der Waals surface area contributed by atoms with Gasteiger partial charge in [-0.2, -0.15) is 0 Å². The van der Waals surface area contributed by atoms with Gasteiger partial charge < -0.3 is 39.4 Å². The first-order valence-electron chi connectivity index (χ1n) is 23.4. The van der Waals surface area contributed by atoms with Crippen LogP contribution in [0.5, 0.6) is 0 Å². The molecule has 0 radical (unpaired) electrons. The van der Waals surface area contributed by atoms with Crippen molar-refractivity contribution in [1.29, 1.82) is 0 Å². The summed E-state index contributed by atoms with van der Waals surface area (Å²) in [5.74, 6) is -0.345. The van der Waals surface area contributed by atoms with Crippen LogP contribution in [-0.4, -0.2) is 89.6 Å². The van der Waals surface area contributed by atoms with Crippen LogP contribution in [0.4, 0.5) is 0 Å². The third-order valence-corrected chi connectivity index (χ3v) is 10.4. The highest BCUT2D eigenvalue weighted by Gasteiger charge is 2.44. The first-order valence-corrected chi connectivity index (χ1v) is 23.4. The maximum absolute atomic E-state index is 12.7. The minimum atomic E-state index is -1.54. The first-order chi connectivity index (χ1) is 28.4. The van der Waals surface area contributed by atoms with Crippen molar-refractivity contribution >= 4 is 5.97 Å². The minimum Gasteiger partial charge on any atom is -0.457 e. The fourth-order valence-electron chi connectivity index (χ4n) is 6.77. The van der Waals surface area contributed by atoms with Crippen LogP contribution in [0.15, 0.2) is 60.8 Å². The predicted molar refractivity (Wildman–Crippen MR) is 238 cm³/mol. The van der Waals surface area contributed by atoms with Crippen molar-refractivity contribution in [2.24, 2.45) is 0 Å². The van der Waals surface area contributed by atoms with Gasteiger partial charge in [-0.05, 0) is 77.0 Å². The van der Waals surface area contributed by atoms with E-state index >= 15 is 0 Å². The number of ether oxygens (including phenoxy) is 4. The second kappa shape index (κ2) is 40.3. The standard InChI is InChI=1S/C49H86O9/c1-3-5-7-9-11-13-15-17-18-19-20-21-22-23-24-25-27-29-31-33-35-37-39-55-41-43(42-56-49-48(54)47(53)46(52)44(40-50)58-49)57-45(51)38-36-34-32-30-28-26-16-14-12-10-8-6-4-2/h6,8,12,14-15,17,19-20,26,28,43-44,46-50,52-54H,3-5,7,9-11,13,16,18,21-25,27,29-42H2,1-2H3/b8-6-,14-12-,17-15-,20-19-,28-26-. The van der Waals surface area contributed by atoms with Gasteiger partial charge in [-0.15, -0.1) is 0 Å². The summed E-state index contributed by atoms with van der Waals surface area (Å²) in [6.07, 6.45) is 44.0. The molecule has 0 aliphatic carbocycles. The lowest BCUT2D eigenvalue weighted by atomic mass is 9.99. The molecule has 6 unspecified atom stereocenters. The van der Waals surface area contributed by atoms with Crippen LogP contribution in [0.3, 0.4) is 0 Å². The van der Waals surface area contributed by atoms with Crippen LogP contribution >= 0.6 is 0 Å². The molecule has 1 saturated heterocycles. The highest BCUT2D eigenvalue weighted by atomic mass is 16.7. The van der Waals surface area contributed by atoms with Gasteiger partial charge in [-0.25, -0.2) is 0 Å². The number of aliphatic hydroxyl groups is 4. The van der Waals surface area contributed by atoms with Gasteiger partial charge in [0, 0.05) is 13.0 Å². The normalized spacial score (nSPS) is 20.8. The van der Waals surface area contributed by atoms with Crippen LogP contribution in [0.2, 0.25) is 0 Å². The van der Waals surface area contributed by atoms with Crippen molar-refractivity contribution in [3.05, 3.63) is 60.8 Å². The molecule has 6 atom stereocenters. The highest BCUT2D eigenvalue weighted by molar-refractivity contribution is 5.69. The highest BCUT2D eigenvalue weighted by Crippen LogP contribution is 2.22. The minimum absolute atomic E-state index is 0.128. The molecule has 336 valence electrons. The lowest BCUT2D eigenvalue weighted by Crippen LogP contribution is -2.59. The number of aliphatic hydroxyl groups excluding tert-OH is 4. The first kappa shape index (κ1) is 53.9. The van der Waals surface area contributed by atoms with Crippen LogP contribution in [0.25, 0.3) is 0 Å². The molecule has 0 bridgehead atoms. The fourth-order valence-corrected chi connectivity index (χ4v) is 6.77. The van der Waals surface area contributed by atoms with Crippen molar-refractivity contribution in [3.8, 4) is 0 Å². The maximum Gasteiger partial charge on any atom is 0.306 e. The van der Waals surface area contributed by atoms with E-state index in [0.717, 1.165) is 57.8 Å². The van der Waals surface area contributed by atoms with Crippen LogP contribution in [-0.2, 0) is 23.7 Å². The van der Waals surface area contributed by atoms with Crippen molar-refractivity contribution in [2.75, 3.05) is 26.4 Å². The molecule has 1 heterocycles. The van der Waals surface area contributed by atoms with E-state index in [1.54, 1.807) is 0 Å². The maximum atomic E-state index is 12.7. The monoisotopic (exact) mass is 819 g/mol. The van der Waals surface area contributed by atoms with Gasteiger partial charge in [0.1, 0.15) is 30.5 Å². The summed E-state index contributed by atoms with van der Waals surface area (Å²) in [6, 6.07) is 0. The number of carbonyl (C=O) groups is 1. The number of rotatable bonds is 39. The second-order valence-electron chi connectivity index (χ2n) is 15.8. The average molecular weight is 819 g/mol. The molecule has 1 fully saturated rings. The lowest BCUT2D eigenvalue weighted by Gasteiger charge is -2.39. The topological polar surface area (TPSA) is 135 Å². The molecule has 0 saturated carbocycles. The van der Waals surface area contributed by atoms with Crippen LogP contribution in [0.1, 0.15) is 181 Å². The van der Waals surface area contributed by atoms with E-state index in [-0.39, 0.29) is 25.6 Å². The Balaban J connectivity index is 2.23. The molecule has 9 nitrogen and oxygen atoms in total. The number of hydrogen-bond donors (Lipinski definition) is 4. The van der Waals surface area contributed by atoms with Gasteiger partial charge in [0.05, 0.1) is 19.8 Å². The molecule has 58 heavy (non-hydrogen) atoms. The molecule has 0 amide bonds. The van der Waals surface area contributed by atoms with E-state index in [2.05, 4.69) is 74.6 Å². The molecule has 0 aromatic rings. The number of hydrogen-bond acceptors (Lipinski definition) is 9. The van der Waals surface area contributed by atoms with Gasteiger partial charge in [-0.1, -0.05) is 158 Å². The van der Waals surface area contributed by atoms with Gasteiger partial charge in [0.2, 0.25) is 0 Å². The zero-order chi connectivity index (χ0) is 42.2. The molecule has 1 rings (SSSR count). The molecule has 1 aliphatic heterocycles. The Kier molecular flexibility index (Phi) is 37.5. The Morgan fingerprint density at radius 1 is 0.569 bits per heavy atom. The van der Waals surface area contributed by atoms with Crippen molar-refractivity contribution < 1.29 is 44.2 Å². The van der Waals surface area contributed by atoms with E-state index in [9.17, 15) is 25.2 Å². The van der Waals surface area contributed by atoms with Gasteiger partial charge in [-0.3, -0.25) is 4.79 Å². The summed E-state index contributed by atoms with van der Waals surface area (Å²) in [6.45, 7) is 4.38. The predicted octanol–water partition coefficient (Wildman–Crippen LogP) is 10.7. The van der Waals surface area contributed by atoms with E-state index in [0.29, 0.717) is 13.0 Å². The van der Waals surface area contributed by atoms with Crippen LogP contribution < -0.4 is 0 Å².